The van der Waals surface area contributed by atoms with Gasteiger partial charge in [0.25, 0.3) is 0 Å². The molecule has 0 radical (unpaired) electrons. The molecule has 0 N–H and O–H groups in total. The van der Waals surface area contributed by atoms with E-state index < -0.39 is 10.0 Å². The van der Waals surface area contributed by atoms with Gasteiger partial charge in [0.15, 0.2) is 0 Å². The first kappa shape index (κ1) is 12.0. The van der Waals surface area contributed by atoms with Crippen LogP contribution in [0.15, 0.2) is 31.8 Å². The predicted octanol–water partition coefficient (Wildman–Crippen LogP) is 1.67. The number of benzene rings is 1. The normalized spacial score (nSPS) is 13.2. The quantitative estimate of drug-likeness (QED) is 0.794. The van der Waals surface area contributed by atoms with E-state index in [0.29, 0.717) is 11.4 Å². The summed E-state index contributed by atoms with van der Waals surface area (Å²) in [6.45, 7) is 0.0241. The van der Waals surface area contributed by atoms with Crippen molar-refractivity contribution in [3.8, 4) is 12.3 Å². The highest BCUT2D eigenvalue weighted by Crippen LogP contribution is 2.38. The van der Waals surface area contributed by atoms with Gasteiger partial charge in [-0.3, -0.25) is 0 Å². The molecule has 0 unspecified atom stereocenters. The largest absolute Gasteiger partial charge is 0.245 e. The maximum atomic E-state index is 12.2. The van der Waals surface area contributed by atoms with Crippen molar-refractivity contribution in [1.29, 1.82) is 0 Å². The van der Waals surface area contributed by atoms with E-state index in [1.165, 1.54) is 13.1 Å². The van der Waals surface area contributed by atoms with Crippen molar-refractivity contribution in [2.45, 2.75) is 4.90 Å². The summed E-state index contributed by atoms with van der Waals surface area (Å²) in [6, 6.07) is 4.87. The van der Waals surface area contributed by atoms with Crippen LogP contribution in [0.2, 0.25) is 0 Å². The summed E-state index contributed by atoms with van der Waals surface area (Å²) in [7, 11) is -2.16. The number of hydrogen-bond donors (Lipinski definition) is 0. The molecule has 1 aliphatic rings. The number of rotatable bonds is 3. The van der Waals surface area contributed by atoms with Crippen molar-refractivity contribution < 1.29 is 8.42 Å². The highest BCUT2D eigenvalue weighted by molar-refractivity contribution is 7.89. The van der Waals surface area contributed by atoms with Gasteiger partial charge >= 0.3 is 0 Å². The average molecular weight is 267 g/mol. The lowest BCUT2D eigenvalue weighted by molar-refractivity contribution is 0.503. The first-order valence-corrected chi connectivity index (χ1v) is 6.85. The van der Waals surface area contributed by atoms with Gasteiger partial charge in [-0.05, 0) is 12.1 Å². The van der Waals surface area contributed by atoms with Gasteiger partial charge in [0, 0.05) is 7.05 Å². The van der Waals surface area contributed by atoms with Gasteiger partial charge < -0.3 is 0 Å². The Bertz CT molecular complexity index is 667. The third kappa shape index (κ3) is 2.02. The Balaban J connectivity index is 2.53. The van der Waals surface area contributed by atoms with Crippen LogP contribution in [-0.4, -0.2) is 26.3 Å². The summed E-state index contributed by atoms with van der Waals surface area (Å²) in [6.07, 6.45) is 5.11. The van der Waals surface area contributed by atoms with Crippen LogP contribution in [-0.2, 0) is 21.4 Å². The third-order valence-corrected chi connectivity index (χ3v) is 4.63. The molecule has 0 aromatic heterocycles. The monoisotopic (exact) mass is 267 g/mol. The third-order valence-electron chi connectivity index (χ3n) is 2.25. The van der Waals surface area contributed by atoms with E-state index >= 15 is 0 Å². The Morgan fingerprint density at radius 1 is 1.47 bits per heavy atom. The molecule has 7 heteroatoms. The van der Waals surface area contributed by atoms with Crippen molar-refractivity contribution in [2.75, 3.05) is 13.6 Å². The van der Waals surface area contributed by atoms with Crippen molar-refractivity contribution >= 4 is 32.8 Å². The minimum absolute atomic E-state index is 0.0241. The molecule has 0 fully saturated rings. The molecule has 1 aliphatic heterocycles. The first-order chi connectivity index (χ1) is 8.07. The standard InChI is InChI=1S/C10H9N3O2S2/c1-3-7-13(2)17(14,15)9-6-4-5-8-10(9)12-16-11-8/h1,4-6H,7H2,2H3. The van der Waals surface area contributed by atoms with Gasteiger partial charge in [0.1, 0.15) is 16.3 Å². The van der Waals surface area contributed by atoms with Crippen LogP contribution in [0.3, 0.4) is 0 Å². The molecule has 0 spiro atoms. The lowest BCUT2D eigenvalue weighted by atomic mass is 10.3. The van der Waals surface area contributed by atoms with Gasteiger partial charge in [0.05, 0.1) is 17.9 Å². The van der Waals surface area contributed by atoms with E-state index in [4.69, 9.17) is 6.42 Å². The highest BCUT2D eigenvalue weighted by atomic mass is 32.2. The molecule has 1 aromatic carbocycles. The molecule has 17 heavy (non-hydrogen) atoms. The summed E-state index contributed by atoms with van der Waals surface area (Å²) < 4.78 is 33.5. The number of sulfonamides is 1. The zero-order valence-electron chi connectivity index (χ0n) is 8.99. The van der Waals surface area contributed by atoms with Gasteiger partial charge in [0.2, 0.25) is 10.0 Å². The first-order valence-electron chi connectivity index (χ1n) is 4.68. The van der Waals surface area contributed by atoms with Crippen molar-refractivity contribution in [3.05, 3.63) is 18.2 Å². The fourth-order valence-corrected chi connectivity index (χ4v) is 3.20. The topological polar surface area (TPSA) is 62.1 Å². The zero-order valence-corrected chi connectivity index (χ0v) is 10.6. The summed E-state index contributed by atoms with van der Waals surface area (Å²) >= 11 is 0.985. The summed E-state index contributed by atoms with van der Waals surface area (Å²) in [4.78, 5) is 0.140. The second-order valence-electron chi connectivity index (χ2n) is 3.35. The fraction of sp³-hybridized carbons (Fsp3) is 0.200. The summed E-state index contributed by atoms with van der Waals surface area (Å²) in [5.74, 6) is 2.30. The van der Waals surface area contributed by atoms with Crippen LogP contribution in [0, 0.1) is 12.3 Å². The number of fused-ring (bicyclic) bond motifs is 1. The van der Waals surface area contributed by atoms with Gasteiger partial charge in [-0.1, -0.05) is 12.0 Å². The fourth-order valence-electron chi connectivity index (χ4n) is 1.37. The van der Waals surface area contributed by atoms with Gasteiger partial charge in [-0.15, -0.1) is 6.42 Å². The second-order valence-corrected chi connectivity index (χ2v) is 5.90. The van der Waals surface area contributed by atoms with E-state index in [0.717, 1.165) is 15.7 Å². The van der Waals surface area contributed by atoms with E-state index in [2.05, 4.69) is 14.6 Å². The Kier molecular flexibility index (Phi) is 3.11. The molecule has 2 rings (SSSR count). The van der Waals surface area contributed by atoms with Crippen molar-refractivity contribution in [3.63, 3.8) is 0 Å². The molecule has 0 aliphatic carbocycles. The highest BCUT2D eigenvalue weighted by Gasteiger charge is 2.25. The molecule has 1 heterocycles. The number of nitrogens with zero attached hydrogens (tertiary/aromatic N) is 3. The van der Waals surface area contributed by atoms with Crippen molar-refractivity contribution in [1.82, 2.24) is 4.31 Å². The Morgan fingerprint density at radius 2 is 2.24 bits per heavy atom. The molecule has 0 bridgehead atoms. The summed E-state index contributed by atoms with van der Waals surface area (Å²) in [5, 5.41) is 0. The minimum atomic E-state index is -3.60. The summed E-state index contributed by atoms with van der Waals surface area (Å²) in [5.41, 5.74) is 0.964. The number of terminal acetylenes is 1. The molecular formula is C10H9N3O2S2. The molecule has 0 saturated carbocycles. The van der Waals surface area contributed by atoms with Crippen LogP contribution in [0.4, 0.5) is 11.4 Å². The SMILES string of the molecule is C#CCN(C)S(=O)(=O)c1cccc2c1N=S=N2. The van der Waals surface area contributed by atoms with Gasteiger partial charge in [-0.25, -0.2) is 8.42 Å². The van der Waals surface area contributed by atoms with Gasteiger partial charge in [-0.2, -0.15) is 13.0 Å². The van der Waals surface area contributed by atoms with E-state index in [1.54, 1.807) is 12.1 Å². The smallest absolute Gasteiger partial charge is 0.207 e. The van der Waals surface area contributed by atoms with Crippen molar-refractivity contribution in [2.24, 2.45) is 8.73 Å². The molecule has 88 valence electrons. The molecule has 5 nitrogen and oxygen atoms in total. The van der Waals surface area contributed by atoms with E-state index in [1.807, 2.05) is 0 Å². The molecular weight excluding hydrogens is 258 g/mol. The second kappa shape index (κ2) is 4.41. The molecule has 0 amide bonds. The lowest BCUT2D eigenvalue weighted by Gasteiger charge is -2.15. The predicted molar refractivity (Wildman–Crippen MR) is 66.6 cm³/mol. The number of hydrogen-bond acceptors (Lipinski definition) is 4. The van der Waals surface area contributed by atoms with Crippen LogP contribution in [0.1, 0.15) is 0 Å². The van der Waals surface area contributed by atoms with E-state index in [-0.39, 0.29) is 11.4 Å². The van der Waals surface area contributed by atoms with E-state index in [9.17, 15) is 8.42 Å². The van der Waals surface area contributed by atoms with Crippen LogP contribution in [0.25, 0.3) is 0 Å². The Morgan fingerprint density at radius 3 is 2.94 bits per heavy atom. The molecule has 0 atom stereocenters. The maximum Gasteiger partial charge on any atom is 0.245 e. The molecule has 1 aromatic rings. The average Bonchev–Trinajstić information content (AvgIpc) is 2.76. The van der Waals surface area contributed by atoms with Crippen LogP contribution >= 0.6 is 0 Å². The van der Waals surface area contributed by atoms with Crippen LogP contribution in [0.5, 0.6) is 0 Å². The zero-order chi connectivity index (χ0) is 12.5. The lowest BCUT2D eigenvalue weighted by Crippen LogP contribution is -2.27. The Hall–Kier alpha value is -1.49. The molecule has 0 saturated heterocycles. The maximum absolute atomic E-state index is 12.2. The Labute approximate surface area is 103 Å². The minimum Gasteiger partial charge on any atom is -0.207 e. The van der Waals surface area contributed by atoms with Crippen LogP contribution < -0.4 is 0 Å².